The van der Waals surface area contributed by atoms with Gasteiger partial charge in [0.25, 0.3) is 21.8 Å². The molecule has 1 aromatic heterocycles. The molecule has 34 heavy (non-hydrogen) atoms. The molecule has 0 unspecified atom stereocenters. The van der Waals surface area contributed by atoms with Crippen LogP contribution in [0.4, 0.5) is 10.7 Å². The lowest BCUT2D eigenvalue weighted by atomic mass is 10.0. The van der Waals surface area contributed by atoms with E-state index in [1.54, 1.807) is 6.07 Å². The van der Waals surface area contributed by atoms with Gasteiger partial charge in [-0.1, -0.05) is 18.2 Å². The summed E-state index contributed by atoms with van der Waals surface area (Å²) >= 11 is 1.36. The maximum atomic E-state index is 13.2. The molecule has 176 valence electrons. The fourth-order valence-electron chi connectivity index (χ4n) is 4.52. The Bertz CT molecular complexity index is 1400. The molecule has 0 fully saturated rings. The number of nitrogens with two attached hydrogens (primary N) is 1. The molecule has 0 radical (unpaired) electrons. The van der Waals surface area contributed by atoms with E-state index in [0.29, 0.717) is 47.7 Å². The van der Waals surface area contributed by atoms with Crippen LogP contribution >= 0.6 is 11.3 Å². The van der Waals surface area contributed by atoms with Crippen LogP contribution in [0, 0.1) is 0 Å². The molecule has 2 aliphatic rings. The zero-order valence-electron chi connectivity index (χ0n) is 18.6. The van der Waals surface area contributed by atoms with E-state index < -0.39 is 21.8 Å². The lowest BCUT2D eigenvalue weighted by Crippen LogP contribution is -2.29. The van der Waals surface area contributed by atoms with E-state index in [0.717, 1.165) is 22.5 Å². The molecule has 0 saturated heterocycles. The van der Waals surface area contributed by atoms with Crippen molar-refractivity contribution in [3.05, 3.63) is 75.7 Å². The largest absolute Gasteiger partial charge is 0.365 e. The van der Waals surface area contributed by atoms with Gasteiger partial charge in [-0.2, -0.15) is 0 Å². The van der Waals surface area contributed by atoms with Crippen LogP contribution in [0.2, 0.25) is 0 Å². The first-order valence-corrected chi connectivity index (χ1v) is 13.2. The van der Waals surface area contributed by atoms with Crippen molar-refractivity contribution >= 4 is 43.9 Å². The molecule has 3 aromatic rings. The summed E-state index contributed by atoms with van der Waals surface area (Å²) in [7, 11) is -1.74. The standard InChI is InChI=1S/C24H24N4O4S2/c1-27-12-11-18-20(14-27)33-24(21(18)22(25)29)26-23(30)16-6-8-17(9-7-16)34(31,32)28-13-10-15-4-2-3-5-19(15)28/h2-9H,10-14H2,1H3,(H2,25,29)(H,26,30). The van der Waals surface area contributed by atoms with Gasteiger partial charge in [-0.3, -0.25) is 13.9 Å². The van der Waals surface area contributed by atoms with Gasteiger partial charge in [-0.25, -0.2) is 8.42 Å². The second kappa shape index (κ2) is 8.53. The number of nitrogens with zero attached hydrogens (tertiary/aromatic N) is 2. The van der Waals surface area contributed by atoms with Crippen LogP contribution < -0.4 is 15.4 Å². The Labute approximate surface area is 202 Å². The Morgan fingerprint density at radius 3 is 2.50 bits per heavy atom. The first-order valence-electron chi connectivity index (χ1n) is 10.9. The summed E-state index contributed by atoms with van der Waals surface area (Å²) in [6.45, 7) is 1.90. The third-order valence-electron chi connectivity index (χ3n) is 6.27. The number of anilines is 2. The quantitative estimate of drug-likeness (QED) is 0.564. The second-order valence-corrected chi connectivity index (χ2v) is 11.5. The van der Waals surface area contributed by atoms with E-state index in [1.807, 2.05) is 25.2 Å². The monoisotopic (exact) mass is 496 g/mol. The summed E-state index contributed by atoms with van der Waals surface area (Å²) in [6, 6.07) is 13.3. The van der Waals surface area contributed by atoms with Crippen molar-refractivity contribution in [2.75, 3.05) is 29.8 Å². The summed E-state index contributed by atoms with van der Waals surface area (Å²) in [5.74, 6) is -0.991. The summed E-state index contributed by atoms with van der Waals surface area (Å²) in [4.78, 5) is 28.3. The number of nitrogens with one attached hydrogen (secondary N) is 1. The summed E-state index contributed by atoms with van der Waals surface area (Å²) in [5, 5.41) is 3.24. The van der Waals surface area contributed by atoms with Gasteiger partial charge >= 0.3 is 0 Å². The minimum absolute atomic E-state index is 0.119. The Morgan fingerprint density at radius 2 is 1.76 bits per heavy atom. The molecule has 10 heteroatoms. The van der Waals surface area contributed by atoms with Gasteiger partial charge in [-0.15, -0.1) is 11.3 Å². The van der Waals surface area contributed by atoms with Crippen molar-refractivity contribution in [1.82, 2.24) is 4.90 Å². The van der Waals surface area contributed by atoms with E-state index in [9.17, 15) is 18.0 Å². The van der Waals surface area contributed by atoms with Crippen molar-refractivity contribution in [1.29, 1.82) is 0 Å². The van der Waals surface area contributed by atoms with E-state index in [2.05, 4.69) is 10.2 Å². The zero-order valence-corrected chi connectivity index (χ0v) is 20.2. The van der Waals surface area contributed by atoms with Crippen LogP contribution in [0.25, 0.3) is 0 Å². The second-order valence-electron chi connectivity index (χ2n) is 8.49. The number of thiophene rings is 1. The first-order chi connectivity index (χ1) is 16.3. The van der Waals surface area contributed by atoms with Crippen molar-refractivity contribution < 1.29 is 18.0 Å². The van der Waals surface area contributed by atoms with Gasteiger partial charge in [0.1, 0.15) is 5.00 Å². The van der Waals surface area contributed by atoms with Gasteiger partial charge in [0.05, 0.1) is 16.1 Å². The molecule has 2 amide bonds. The van der Waals surface area contributed by atoms with Crippen LogP contribution in [0.1, 0.15) is 36.7 Å². The van der Waals surface area contributed by atoms with E-state index in [1.165, 1.54) is 39.9 Å². The van der Waals surface area contributed by atoms with E-state index in [-0.39, 0.29) is 4.90 Å². The minimum atomic E-state index is -3.74. The molecule has 2 aromatic carbocycles. The Morgan fingerprint density at radius 1 is 1.03 bits per heavy atom. The molecule has 0 aliphatic carbocycles. The fourth-order valence-corrected chi connectivity index (χ4v) is 7.35. The lowest BCUT2D eigenvalue weighted by Gasteiger charge is -2.22. The predicted molar refractivity (Wildman–Crippen MR) is 132 cm³/mol. The summed E-state index contributed by atoms with van der Waals surface area (Å²) in [5.41, 5.74) is 8.87. The van der Waals surface area contributed by atoms with Gasteiger partial charge in [-0.05, 0) is 61.3 Å². The number of primary amides is 1. The van der Waals surface area contributed by atoms with Crippen molar-refractivity contribution in [3.8, 4) is 0 Å². The van der Waals surface area contributed by atoms with Crippen LogP contribution in [-0.2, 0) is 29.4 Å². The van der Waals surface area contributed by atoms with E-state index >= 15 is 0 Å². The first kappa shape index (κ1) is 22.6. The predicted octanol–water partition coefficient (Wildman–Crippen LogP) is 2.84. The number of para-hydroxylation sites is 1. The van der Waals surface area contributed by atoms with Gasteiger partial charge in [0, 0.05) is 30.1 Å². The number of carbonyl (C=O) groups is 2. The third kappa shape index (κ3) is 3.87. The number of benzene rings is 2. The number of fused-ring (bicyclic) bond motifs is 2. The highest BCUT2D eigenvalue weighted by atomic mass is 32.2. The summed E-state index contributed by atoms with van der Waals surface area (Å²) < 4.78 is 27.8. The third-order valence-corrected chi connectivity index (χ3v) is 9.23. The Hall–Kier alpha value is -3.21. The Balaban J connectivity index is 1.38. The lowest BCUT2D eigenvalue weighted by molar-refractivity contribution is 0.1000. The number of hydrogen-bond acceptors (Lipinski definition) is 6. The van der Waals surface area contributed by atoms with Crippen LogP contribution in [0.15, 0.2) is 53.4 Å². The van der Waals surface area contributed by atoms with Gasteiger partial charge in [0.15, 0.2) is 0 Å². The highest BCUT2D eigenvalue weighted by Crippen LogP contribution is 2.37. The normalized spacial score (nSPS) is 15.6. The van der Waals surface area contributed by atoms with Crippen LogP contribution in [0.5, 0.6) is 0 Å². The SMILES string of the molecule is CN1CCc2c(sc(NC(=O)c3ccc(S(=O)(=O)N4CCc5ccccc54)cc3)c2C(N)=O)C1. The molecule has 0 atom stereocenters. The van der Waals surface area contributed by atoms with Crippen LogP contribution in [0.3, 0.4) is 0 Å². The molecular formula is C24H24N4O4S2. The smallest absolute Gasteiger partial charge is 0.264 e. The number of carbonyl (C=O) groups excluding carboxylic acids is 2. The molecule has 5 rings (SSSR count). The minimum Gasteiger partial charge on any atom is -0.365 e. The summed E-state index contributed by atoms with van der Waals surface area (Å²) in [6.07, 6.45) is 1.36. The molecule has 0 spiro atoms. The highest BCUT2D eigenvalue weighted by Gasteiger charge is 2.31. The van der Waals surface area contributed by atoms with E-state index in [4.69, 9.17) is 5.73 Å². The number of hydrogen-bond donors (Lipinski definition) is 2. The Kier molecular flexibility index (Phi) is 5.67. The number of rotatable bonds is 5. The maximum Gasteiger partial charge on any atom is 0.264 e. The number of likely N-dealkylation sites (N-methyl/N-ethyl adjacent to an activating group) is 1. The molecule has 0 bridgehead atoms. The highest BCUT2D eigenvalue weighted by molar-refractivity contribution is 7.92. The number of amides is 2. The fraction of sp³-hybridized carbons (Fsp3) is 0.250. The van der Waals surface area contributed by atoms with Gasteiger partial charge < -0.3 is 16.0 Å². The molecule has 2 aliphatic heterocycles. The topological polar surface area (TPSA) is 113 Å². The number of sulfonamides is 1. The molecular weight excluding hydrogens is 472 g/mol. The molecule has 8 nitrogen and oxygen atoms in total. The van der Waals surface area contributed by atoms with Crippen LogP contribution in [-0.4, -0.2) is 45.3 Å². The van der Waals surface area contributed by atoms with Crippen molar-refractivity contribution in [2.24, 2.45) is 5.73 Å². The van der Waals surface area contributed by atoms with Crippen molar-refractivity contribution in [2.45, 2.75) is 24.3 Å². The van der Waals surface area contributed by atoms with Gasteiger partial charge in [0.2, 0.25) is 0 Å². The molecule has 3 heterocycles. The zero-order chi connectivity index (χ0) is 24.0. The average Bonchev–Trinajstić information content (AvgIpc) is 3.40. The molecule has 3 N–H and O–H groups in total. The van der Waals surface area contributed by atoms with Crippen molar-refractivity contribution in [3.63, 3.8) is 0 Å². The maximum absolute atomic E-state index is 13.2. The average molecular weight is 497 g/mol. The molecule has 0 saturated carbocycles.